The van der Waals surface area contributed by atoms with E-state index in [4.69, 9.17) is 5.14 Å². The second kappa shape index (κ2) is 6.86. The quantitative estimate of drug-likeness (QED) is 0.577. The summed E-state index contributed by atoms with van der Waals surface area (Å²) >= 11 is 0. The Kier molecular flexibility index (Phi) is 5.44. The third-order valence-electron chi connectivity index (χ3n) is 2.33. The molecule has 21 heavy (non-hydrogen) atoms. The van der Waals surface area contributed by atoms with E-state index in [1.54, 1.807) is 0 Å². The summed E-state index contributed by atoms with van der Waals surface area (Å²) in [6.45, 7) is 0. The van der Waals surface area contributed by atoms with Gasteiger partial charge < -0.3 is 14.8 Å². The summed E-state index contributed by atoms with van der Waals surface area (Å²) in [5, 5.41) is 7.57. The van der Waals surface area contributed by atoms with Crippen LogP contribution in [0.2, 0.25) is 0 Å². The van der Waals surface area contributed by atoms with Crippen molar-refractivity contribution in [1.29, 1.82) is 0 Å². The molecule has 0 fully saturated rings. The molecular weight excluding hydrogens is 300 g/mol. The minimum absolute atomic E-state index is 0.0283. The van der Waals surface area contributed by atoms with Gasteiger partial charge in [0.25, 0.3) is 0 Å². The first-order valence-corrected chi connectivity index (χ1v) is 7.11. The third-order valence-corrected chi connectivity index (χ3v) is 3.30. The summed E-state index contributed by atoms with van der Waals surface area (Å²) in [5.41, 5.74) is -0.263. The molecule has 9 heteroatoms. The number of methoxy groups -OCH3 is 2. The number of ether oxygens (including phenoxy) is 2. The van der Waals surface area contributed by atoms with Crippen LogP contribution in [0, 0.1) is 0 Å². The van der Waals surface area contributed by atoms with Gasteiger partial charge in [0.2, 0.25) is 10.0 Å². The van der Waals surface area contributed by atoms with Crippen LogP contribution in [-0.2, 0) is 29.1 Å². The van der Waals surface area contributed by atoms with Gasteiger partial charge in [0.15, 0.2) is 0 Å². The molecule has 3 N–H and O–H groups in total. The molecule has 0 aliphatic carbocycles. The van der Waals surface area contributed by atoms with Gasteiger partial charge in [-0.05, 0) is 12.1 Å². The minimum Gasteiger partial charge on any atom is -0.466 e. The van der Waals surface area contributed by atoms with Crippen molar-refractivity contribution in [2.45, 2.75) is 4.90 Å². The SMILES string of the molecule is COC(=O)/C=C(/Nc1ccccc1S(N)(=O)=O)C(=O)OC. The molecule has 0 saturated heterocycles. The fraction of sp³-hybridized carbons (Fsp3) is 0.167. The Bertz CT molecular complexity index is 681. The average molecular weight is 314 g/mol. The highest BCUT2D eigenvalue weighted by atomic mass is 32.2. The number of rotatable bonds is 5. The average Bonchev–Trinajstić information content (AvgIpc) is 2.44. The standard InChI is InChI=1S/C12H14N2O6S/c1-19-11(15)7-9(12(16)20-2)14-8-5-3-4-6-10(8)21(13,17)18/h3-7,14H,1-2H3,(H2,13,17,18)/b9-7+. The number of hydrogen-bond donors (Lipinski definition) is 2. The van der Waals surface area contributed by atoms with Crippen molar-refractivity contribution < 1.29 is 27.5 Å². The maximum atomic E-state index is 11.6. The number of primary sulfonamides is 1. The van der Waals surface area contributed by atoms with E-state index < -0.39 is 22.0 Å². The fourth-order valence-corrected chi connectivity index (χ4v) is 2.09. The van der Waals surface area contributed by atoms with Gasteiger partial charge >= 0.3 is 11.9 Å². The number of benzene rings is 1. The van der Waals surface area contributed by atoms with Gasteiger partial charge in [0.1, 0.15) is 10.6 Å². The van der Waals surface area contributed by atoms with Crippen LogP contribution < -0.4 is 10.5 Å². The van der Waals surface area contributed by atoms with Crippen molar-refractivity contribution in [2.24, 2.45) is 5.14 Å². The van der Waals surface area contributed by atoms with Crippen molar-refractivity contribution in [3.63, 3.8) is 0 Å². The Morgan fingerprint density at radius 3 is 2.33 bits per heavy atom. The molecule has 0 amide bonds. The maximum Gasteiger partial charge on any atom is 0.354 e. The highest BCUT2D eigenvalue weighted by Crippen LogP contribution is 2.21. The van der Waals surface area contributed by atoms with E-state index >= 15 is 0 Å². The van der Waals surface area contributed by atoms with E-state index in [0.717, 1.165) is 20.3 Å². The van der Waals surface area contributed by atoms with Crippen molar-refractivity contribution in [3.05, 3.63) is 36.0 Å². The molecule has 0 aliphatic heterocycles. The molecule has 1 rings (SSSR count). The van der Waals surface area contributed by atoms with Gasteiger partial charge in [-0.2, -0.15) is 0 Å². The number of carbonyl (C=O) groups is 2. The van der Waals surface area contributed by atoms with Crippen LogP contribution in [0.3, 0.4) is 0 Å². The number of nitrogens with one attached hydrogen (secondary N) is 1. The second-order valence-corrected chi connectivity index (χ2v) is 5.27. The molecule has 8 nitrogen and oxygen atoms in total. The molecule has 0 atom stereocenters. The lowest BCUT2D eigenvalue weighted by Gasteiger charge is -2.12. The summed E-state index contributed by atoms with van der Waals surface area (Å²) in [5.74, 6) is -1.68. The summed E-state index contributed by atoms with van der Waals surface area (Å²) < 4.78 is 31.8. The molecule has 1 aromatic carbocycles. The molecule has 0 unspecified atom stereocenters. The van der Waals surface area contributed by atoms with E-state index in [0.29, 0.717) is 0 Å². The Labute approximate surface area is 121 Å². The van der Waals surface area contributed by atoms with E-state index in [9.17, 15) is 18.0 Å². The van der Waals surface area contributed by atoms with E-state index in [1.807, 2.05) is 0 Å². The van der Waals surface area contributed by atoms with Gasteiger partial charge in [-0.1, -0.05) is 12.1 Å². The molecule has 0 spiro atoms. The van der Waals surface area contributed by atoms with Crippen molar-refractivity contribution in [3.8, 4) is 0 Å². The topological polar surface area (TPSA) is 125 Å². The van der Waals surface area contributed by atoms with E-state index in [-0.39, 0.29) is 16.3 Å². The Balaban J connectivity index is 3.26. The van der Waals surface area contributed by atoms with Gasteiger partial charge in [-0.15, -0.1) is 0 Å². The van der Waals surface area contributed by atoms with E-state index in [1.165, 1.54) is 24.3 Å². The zero-order valence-electron chi connectivity index (χ0n) is 11.3. The molecule has 114 valence electrons. The van der Waals surface area contributed by atoms with Crippen LogP contribution in [0.4, 0.5) is 5.69 Å². The number of nitrogens with two attached hydrogens (primary N) is 1. The lowest BCUT2D eigenvalue weighted by molar-refractivity contribution is -0.138. The molecule has 0 bridgehead atoms. The normalized spacial score (nSPS) is 11.7. The highest BCUT2D eigenvalue weighted by molar-refractivity contribution is 7.89. The number of para-hydroxylation sites is 1. The second-order valence-electron chi connectivity index (χ2n) is 3.74. The van der Waals surface area contributed by atoms with Gasteiger partial charge in [0, 0.05) is 0 Å². The summed E-state index contributed by atoms with van der Waals surface area (Å²) in [6.07, 6.45) is 0.839. The number of sulfonamides is 1. The zero-order chi connectivity index (χ0) is 16.0. The number of anilines is 1. The summed E-state index contributed by atoms with van der Waals surface area (Å²) in [4.78, 5) is 22.6. The molecule has 1 aromatic rings. The van der Waals surface area contributed by atoms with Gasteiger partial charge in [0.05, 0.1) is 26.0 Å². The molecule has 0 aliphatic rings. The minimum atomic E-state index is -4.00. The molecule has 0 saturated carbocycles. The Morgan fingerprint density at radius 1 is 1.19 bits per heavy atom. The summed E-state index contributed by atoms with van der Waals surface area (Å²) in [6, 6.07) is 5.63. The van der Waals surface area contributed by atoms with Crippen LogP contribution >= 0.6 is 0 Å². The fourth-order valence-electron chi connectivity index (χ4n) is 1.40. The first kappa shape index (κ1) is 16.7. The van der Waals surface area contributed by atoms with Crippen LogP contribution in [0.15, 0.2) is 40.9 Å². The molecule has 0 radical (unpaired) electrons. The molecular formula is C12H14N2O6S. The predicted octanol–water partition coefficient (Wildman–Crippen LogP) is -0.0242. The van der Waals surface area contributed by atoms with Crippen molar-refractivity contribution in [1.82, 2.24) is 0 Å². The monoisotopic (exact) mass is 314 g/mol. The number of hydrogen-bond acceptors (Lipinski definition) is 7. The van der Waals surface area contributed by atoms with E-state index in [2.05, 4.69) is 14.8 Å². The number of esters is 2. The molecule has 0 heterocycles. The first-order valence-electron chi connectivity index (χ1n) is 5.56. The largest absolute Gasteiger partial charge is 0.466 e. The number of carbonyl (C=O) groups excluding carboxylic acids is 2. The molecule has 0 aromatic heterocycles. The third kappa shape index (κ3) is 4.58. The predicted molar refractivity (Wildman–Crippen MR) is 73.6 cm³/mol. The van der Waals surface area contributed by atoms with Crippen LogP contribution in [-0.4, -0.2) is 34.6 Å². The van der Waals surface area contributed by atoms with Crippen LogP contribution in [0.1, 0.15) is 0 Å². The zero-order valence-corrected chi connectivity index (χ0v) is 12.1. The Hall–Kier alpha value is -2.39. The van der Waals surface area contributed by atoms with Gasteiger partial charge in [-0.3, -0.25) is 0 Å². The summed E-state index contributed by atoms with van der Waals surface area (Å²) in [7, 11) is -1.76. The van der Waals surface area contributed by atoms with Crippen LogP contribution in [0.5, 0.6) is 0 Å². The first-order chi connectivity index (χ1) is 9.79. The smallest absolute Gasteiger partial charge is 0.354 e. The van der Waals surface area contributed by atoms with Crippen LogP contribution in [0.25, 0.3) is 0 Å². The highest BCUT2D eigenvalue weighted by Gasteiger charge is 2.18. The Morgan fingerprint density at radius 2 is 1.81 bits per heavy atom. The maximum absolute atomic E-state index is 11.6. The lowest BCUT2D eigenvalue weighted by atomic mass is 10.3. The van der Waals surface area contributed by atoms with Crippen molar-refractivity contribution >= 4 is 27.6 Å². The van der Waals surface area contributed by atoms with Crippen molar-refractivity contribution in [2.75, 3.05) is 19.5 Å². The lowest BCUT2D eigenvalue weighted by Crippen LogP contribution is -2.19. The van der Waals surface area contributed by atoms with Gasteiger partial charge in [-0.25, -0.2) is 23.1 Å².